The van der Waals surface area contributed by atoms with Crippen LogP contribution in [0.5, 0.6) is 0 Å². The number of benzene rings is 2. The molecule has 0 radical (unpaired) electrons. The summed E-state index contributed by atoms with van der Waals surface area (Å²) in [5.74, 6) is -0.164. The first kappa shape index (κ1) is 20.4. The lowest BCUT2D eigenvalue weighted by atomic mass is 10.1. The second-order valence-electron chi connectivity index (χ2n) is 5.92. The molecule has 2 N–H and O–H groups in total. The number of nitro benzene ring substituents is 1. The largest absolute Gasteiger partial charge is 0.340 e. The summed E-state index contributed by atoms with van der Waals surface area (Å²) in [5.41, 5.74) is 1.57. The number of anilines is 1. The molecule has 0 bridgehead atoms. The number of aryl methyl sites for hydroxylation is 1. The molecule has 1 unspecified atom stereocenters. The van der Waals surface area contributed by atoms with E-state index in [4.69, 9.17) is 0 Å². The van der Waals surface area contributed by atoms with Crippen LogP contribution in [0.3, 0.4) is 0 Å². The molecule has 0 aliphatic rings. The molecule has 0 aliphatic heterocycles. The number of nitrogens with one attached hydrogen (secondary N) is 2. The molecule has 0 fully saturated rings. The topological polar surface area (TPSA) is 101 Å². The zero-order chi connectivity index (χ0) is 19.8. The summed E-state index contributed by atoms with van der Waals surface area (Å²) < 4.78 is 0. The fourth-order valence-electron chi connectivity index (χ4n) is 2.44. The number of carbonyl (C=O) groups is 2. The van der Waals surface area contributed by atoms with Gasteiger partial charge in [0.05, 0.1) is 4.92 Å². The molecule has 27 heavy (non-hydrogen) atoms. The van der Waals surface area contributed by atoms with Gasteiger partial charge in [-0.05, 0) is 43.0 Å². The summed E-state index contributed by atoms with van der Waals surface area (Å²) in [4.78, 5) is 35.5. The first-order valence-corrected chi connectivity index (χ1v) is 9.72. The number of para-hydroxylation sites is 1. The number of hydrogen-bond donors (Lipinski definition) is 2. The van der Waals surface area contributed by atoms with Gasteiger partial charge in [0.25, 0.3) is 11.6 Å². The van der Waals surface area contributed by atoms with Gasteiger partial charge in [-0.3, -0.25) is 19.7 Å². The fourth-order valence-corrected chi connectivity index (χ4v) is 2.91. The molecule has 2 amide bonds. The van der Waals surface area contributed by atoms with Crippen molar-refractivity contribution in [1.82, 2.24) is 5.32 Å². The van der Waals surface area contributed by atoms with Gasteiger partial charge in [-0.15, -0.1) is 0 Å². The van der Waals surface area contributed by atoms with E-state index in [1.807, 2.05) is 31.4 Å². The number of amides is 2. The average Bonchev–Trinajstić information content (AvgIpc) is 2.66. The molecule has 8 heteroatoms. The van der Waals surface area contributed by atoms with Gasteiger partial charge in [0.2, 0.25) is 5.91 Å². The van der Waals surface area contributed by atoms with Crippen LogP contribution in [0, 0.1) is 17.0 Å². The Morgan fingerprint density at radius 2 is 1.93 bits per heavy atom. The van der Waals surface area contributed by atoms with Gasteiger partial charge in [-0.2, -0.15) is 11.8 Å². The maximum atomic E-state index is 12.7. The Hall–Kier alpha value is -2.87. The van der Waals surface area contributed by atoms with Crippen LogP contribution in [0.25, 0.3) is 0 Å². The van der Waals surface area contributed by atoms with Crippen molar-refractivity contribution in [3.63, 3.8) is 0 Å². The quantitative estimate of drug-likeness (QED) is 0.534. The number of hydrogen-bond acceptors (Lipinski definition) is 5. The summed E-state index contributed by atoms with van der Waals surface area (Å²) in [6.45, 7) is 1.88. The number of nitro groups is 1. The number of rotatable bonds is 8. The Morgan fingerprint density at radius 1 is 1.19 bits per heavy atom. The van der Waals surface area contributed by atoms with E-state index < -0.39 is 16.9 Å². The number of thioether (sulfide) groups is 1. The lowest BCUT2D eigenvalue weighted by Gasteiger charge is -2.19. The third kappa shape index (κ3) is 5.82. The predicted molar refractivity (Wildman–Crippen MR) is 107 cm³/mol. The minimum Gasteiger partial charge on any atom is -0.340 e. The van der Waals surface area contributed by atoms with Crippen molar-refractivity contribution >= 4 is 35.0 Å². The SMILES string of the molecule is CSCCC(NC(=O)c1cccc([N+](=O)[O-])c1)C(=O)Nc1ccccc1C. The molecular formula is C19H21N3O4S. The standard InChI is InChI=1S/C19H21N3O4S/c1-13-6-3-4-9-16(13)20-19(24)17(10-11-27-2)21-18(23)14-7-5-8-15(12-14)22(25)26/h3-9,12,17H,10-11H2,1-2H3,(H,20,24)(H,21,23). The van der Waals surface area contributed by atoms with Crippen LogP contribution >= 0.6 is 11.8 Å². The van der Waals surface area contributed by atoms with Crippen molar-refractivity contribution in [3.05, 3.63) is 69.8 Å². The van der Waals surface area contributed by atoms with E-state index in [1.165, 1.54) is 24.3 Å². The zero-order valence-electron chi connectivity index (χ0n) is 15.1. The first-order chi connectivity index (χ1) is 12.9. The highest BCUT2D eigenvalue weighted by Gasteiger charge is 2.22. The van der Waals surface area contributed by atoms with Gasteiger partial charge >= 0.3 is 0 Å². The Bertz CT molecular complexity index is 841. The van der Waals surface area contributed by atoms with Crippen LogP contribution in [0.1, 0.15) is 22.3 Å². The third-order valence-electron chi connectivity index (χ3n) is 3.95. The van der Waals surface area contributed by atoms with Crippen molar-refractivity contribution in [2.24, 2.45) is 0 Å². The van der Waals surface area contributed by atoms with Gasteiger partial charge in [0, 0.05) is 23.4 Å². The Kier molecular flexibility index (Phi) is 7.36. The molecular weight excluding hydrogens is 366 g/mol. The van der Waals surface area contributed by atoms with Crippen molar-refractivity contribution in [1.29, 1.82) is 0 Å². The van der Waals surface area contributed by atoms with Crippen molar-refractivity contribution in [3.8, 4) is 0 Å². The van der Waals surface area contributed by atoms with E-state index in [0.717, 1.165) is 5.56 Å². The lowest BCUT2D eigenvalue weighted by Crippen LogP contribution is -2.44. The highest BCUT2D eigenvalue weighted by Crippen LogP contribution is 2.16. The minimum absolute atomic E-state index is 0.141. The fraction of sp³-hybridized carbons (Fsp3) is 0.263. The molecule has 1 atom stereocenters. The molecule has 0 heterocycles. The van der Waals surface area contributed by atoms with Crippen LogP contribution in [-0.4, -0.2) is 34.8 Å². The second-order valence-corrected chi connectivity index (χ2v) is 6.90. The smallest absolute Gasteiger partial charge is 0.270 e. The van der Waals surface area contributed by atoms with Crippen molar-refractivity contribution < 1.29 is 14.5 Å². The highest BCUT2D eigenvalue weighted by atomic mass is 32.2. The van der Waals surface area contributed by atoms with Crippen LogP contribution in [-0.2, 0) is 4.79 Å². The summed E-state index contributed by atoms with van der Waals surface area (Å²) >= 11 is 1.57. The molecule has 0 saturated heterocycles. The Morgan fingerprint density at radius 3 is 2.59 bits per heavy atom. The average molecular weight is 387 g/mol. The molecule has 2 rings (SSSR count). The van der Waals surface area contributed by atoms with E-state index in [1.54, 1.807) is 17.8 Å². The maximum absolute atomic E-state index is 12.7. The summed E-state index contributed by atoms with van der Waals surface area (Å²) in [5, 5.41) is 16.4. The minimum atomic E-state index is -0.746. The van der Waals surface area contributed by atoms with Crippen molar-refractivity contribution in [2.45, 2.75) is 19.4 Å². The zero-order valence-corrected chi connectivity index (χ0v) is 15.9. The molecule has 0 saturated carbocycles. The van der Waals surface area contributed by atoms with E-state index in [-0.39, 0.29) is 17.2 Å². The van der Waals surface area contributed by atoms with E-state index >= 15 is 0 Å². The highest BCUT2D eigenvalue weighted by molar-refractivity contribution is 7.98. The van der Waals surface area contributed by atoms with Gasteiger partial charge in [-0.25, -0.2) is 0 Å². The molecule has 7 nitrogen and oxygen atoms in total. The first-order valence-electron chi connectivity index (χ1n) is 8.33. The van der Waals surface area contributed by atoms with Gasteiger partial charge in [0.1, 0.15) is 6.04 Å². The maximum Gasteiger partial charge on any atom is 0.270 e. The molecule has 2 aromatic rings. The summed E-state index contributed by atoms with van der Waals surface area (Å²) in [7, 11) is 0. The molecule has 0 spiro atoms. The number of nitrogens with zero attached hydrogens (tertiary/aromatic N) is 1. The Balaban J connectivity index is 2.14. The third-order valence-corrected chi connectivity index (χ3v) is 4.60. The summed E-state index contributed by atoms with van der Waals surface area (Å²) in [6.07, 6.45) is 2.36. The molecule has 0 aliphatic carbocycles. The van der Waals surface area contributed by atoms with Crippen LogP contribution in [0.4, 0.5) is 11.4 Å². The van der Waals surface area contributed by atoms with Gasteiger partial charge < -0.3 is 10.6 Å². The van der Waals surface area contributed by atoms with Crippen LogP contribution in [0.2, 0.25) is 0 Å². The predicted octanol–water partition coefficient (Wildman–Crippen LogP) is 3.39. The monoisotopic (exact) mass is 387 g/mol. The van der Waals surface area contributed by atoms with Crippen LogP contribution in [0.15, 0.2) is 48.5 Å². The molecule has 2 aromatic carbocycles. The normalized spacial score (nSPS) is 11.5. The molecule has 142 valence electrons. The van der Waals surface area contributed by atoms with Gasteiger partial charge in [-0.1, -0.05) is 24.3 Å². The van der Waals surface area contributed by atoms with Gasteiger partial charge in [0.15, 0.2) is 0 Å². The van der Waals surface area contributed by atoms with E-state index in [9.17, 15) is 19.7 Å². The van der Waals surface area contributed by atoms with E-state index in [2.05, 4.69) is 10.6 Å². The van der Waals surface area contributed by atoms with Crippen molar-refractivity contribution in [2.75, 3.05) is 17.3 Å². The molecule has 0 aromatic heterocycles. The summed E-state index contributed by atoms with van der Waals surface area (Å²) in [6, 6.07) is 12.1. The van der Waals surface area contributed by atoms with Crippen LogP contribution < -0.4 is 10.6 Å². The number of carbonyl (C=O) groups excluding carboxylic acids is 2. The lowest BCUT2D eigenvalue weighted by molar-refractivity contribution is -0.384. The van der Waals surface area contributed by atoms with E-state index in [0.29, 0.717) is 17.9 Å². The second kappa shape index (κ2) is 9.72. The Labute approximate surface area is 161 Å². The number of non-ortho nitro benzene ring substituents is 1.